The molecule has 0 bridgehead atoms. The summed E-state index contributed by atoms with van der Waals surface area (Å²) in [6.45, 7) is 4.55. The monoisotopic (exact) mass is 480 g/mol. The SMILES string of the molecule is CC(CCc1ccccc1)NC(=O)C(C1CCCC1)N1CCN(C(=O)Nc2ccc(F)cc2)CC1. The summed E-state index contributed by atoms with van der Waals surface area (Å²) in [4.78, 5) is 30.2. The van der Waals surface area contributed by atoms with Gasteiger partial charge < -0.3 is 15.5 Å². The van der Waals surface area contributed by atoms with Crippen LogP contribution in [0, 0.1) is 11.7 Å². The average Bonchev–Trinajstić information content (AvgIpc) is 3.39. The third kappa shape index (κ3) is 7.04. The van der Waals surface area contributed by atoms with E-state index in [2.05, 4.69) is 34.6 Å². The van der Waals surface area contributed by atoms with E-state index in [1.165, 1.54) is 30.5 Å². The lowest BCUT2D eigenvalue weighted by molar-refractivity contribution is -0.129. The van der Waals surface area contributed by atoms with Gasteiger partial charge in [-0.2, -0.15) is 0 Å². The number of hydrogen-bond acceptors (Lipinski definition) is 3. The molecule has 188 valence electrons. The third-order valence-electron chi connectivity index (χ3n) is 7.30. The number of carbonyl (C=O) groups excluding carboxylic acids is 2. The second kappa shape index (κ2) is 12.2. The number of aryl methyl sites for hydroxylation is 1. The van der Waals surface area contributed by atoms with Crippen LogP contribution in [0.4, 0.5) is 14.9 Å². The van der Waals surface area contributed by atoms with Gasteiger partial charge in [0.15, 0.2) is 0 Å². The van der Waals surface area contributed by atoms with Crippen molar-refractivity contribution in [2.24, 2.45) is 5.92 Å². The summed E-state index contributed by atoms with van der Waals surface area (Å²) in [6.07, 6.45) is 6.38. The fraction of sp³-hybridized carbons (Fsp3) is 0.500. The van der Waals surface area contributed by atoms with Crippen molar-refractivity contribution in [2.45, 2.75) is 57.5 Å². The number of nitrogens with one attached hydrogen (secondary N) is 2. The van der Waals surface area contributed by atoms with E-state index in [1.807, 2.05) is 18.2 Å². The number of nitrogens with zero attached hydrogens (tertiary/aromatic N) is 2. The first-order valence-corrected chi connectivity index (χ1v) is 12.9. The molecule has 1 heterocycles. The molecule has 0 spiro atoms. The van der Waals surface area contributed by atoms with E-state index in [4.69, 9.17) is 0 Å². The summed E-state index contributed by atoms with van der Waals surface area (Å²) in [7, 11) is 0. The summed E-state index contributed by atoms with van der Waals surface area (Å²) >= 11 is 0. The Labute approximate surface area is 207 Å². The molecule has 4 rings (SSSR count). The highest BCUT2D eigenvalue weighted by Crippen LogP contribution is 2.31. The standard InChI is InChI=1S/C28H37FN4O2/c1-21(11-12-22-7-3-2-4-8-22)30-27(34)26(23-9-5-6-10-23)32-17-19-33(20-18-32)28(35)31-25-15-13-24(29)14-16-25/h2-4,7-8,13-16,21,23,26H,5-6,9-12,17-20H2,1H3,(H,30,34)(H,31,35). The lowest BCUT2D eigenvalue weighted by Crippen LogP contribution is -2.59. The first-order chi connectivity index (χ1) is 17.0. The lowest BCUT2D eigenvalue weighted by Gasteiger charge is -2.41. The number of carbonyl (C=O) groups is 2. The molecule has 1 saturated heterocycles. The maximum Gasteiger partial charge on any atom is 0.321 e. The third-order valence-corrected chi connectivity index (χ3v) is 7.30. The molecule has 2 N–H and O–H groups in total. The smallest absolute Gasteiger partial charge is 0.321 e. The van der Waals surface area contributed by atoms with E-state index in [1.54, 1.807) is 17.0 Å². The Hall–Kier alpha value is -2.93. The van der Waals surface area contributed by atoms with Crippen LogP contribution in [0.1, 0.15) is 44.6 Å². The number of anilines is 1. The van der Waals surface area contributed by atoms with E-state index in [-0.39, 0.29) is 29.8 Å². The minimum absolute atomic E-state index is 0.106. The van der Waals surface area contributed by atoms with Gasteiger partial charge in [0.1, 0.15) is 5.82 Å². The number of halogens is 1. The van der Waals surface area contributed by atoms with E-state index in [0.29, 0.717) is 37.8 Å². The van der Waals surface area contributed by atoms with Gasteiger partial charge in [0.25, 0.3) is 0 Å². The molecule has 2 unspecified atom stereocenters. The first-order valence-electron chi connectivity index (χ1n) is 12.9. The van der Waals surface area contributed by atoms with Crippen molar-refractivity contribution in [1.29, 1.82) is 0 Å². The fourth-order valence-electron chi connectivity index (χ4n) is 5.32. The van der Waals surface area contributed by atoms with Gasteiger partial charge in [-0.25, -0.2) is 9.18 Å². The van der Waals surface area contributed by atoms with Crippen molar-refractivity contribution in [3.8, 4) is 0 Å². The van der Waals surface area contributed by atoms with E-state index in [9.17, 15) is 14.0 Å². The molecule has 6 nitrogen and oxygen atoms in total. The molecule has 7 heteroatoms. The van der Waals surface area contributed by atoms with Crippen molar-refractivity contribution in [3.05, 3.63) is 66.0 Å². The van der Waals surface area contributed by atoms with Crippen LogP contribution in [0.15, 0.2) is 54.6 Å². The number of benzene rings is 2. The second-order valence-electron chi connectivity index (χ2n) is 9.88. The fourth-order valence-corrected chi connectivity index (χ4v) is 5.32. The van der Waals surface area contributed by atoms with Crippen LogP contribution < -0.4 is 10.6 Å². The van der Waals surface area contributed by atoms with Crippen LogP contribution in [0.25, 0.3) is 0 Å². The predicted molar refractivity (Wildman–Crippen MR) is 137 cm³/mol. The summed E-state index contributed by atoms with van der Waals surface area (Å²) in [5.41, 5.74) is 1.86. The molecule has 2 aromatic carbocycles. The minimum Gasteiger partial charge on any atom is -0.352 e. The molecule has 0 radical (unpaired) electrons. The van der Waals surface area contributed by atoms with Crippen LogP contribution in [0.2, 0.25) is 0 Å². The zero-order chi connectivity index (χ0) is 24.6. The van der Waals surface area contributed by atoms with E-state index < -0.39 is 0 Å². The zero-order valence-corrected chi connectivity index (χ0v) is 20.6. The molecular formula is C28H37FN4O2. The maximum absolute atomic E-state index is 13.5. The molecule has 3 amide bonds. The molecule has 2 aromatic rings. The number of piperazine rings is 1. The maximum atomic E-state index is 13.5. The Morgan fingerprint density at radius 1 is 0.971 bits per heavy atom. The van der Waals surface area contributed by atoms with Gasteiger partial charge >= 0.3 is 6.03 Å². The minimum atomic E-state index is -0.331. The Morgan fingerprint density at radius 2 is 1.63 bits per heavy atom. The highest BCUT2D eigenvalue weighted by molar-refractivity contribution is 5.89. The first kappa shape index (κ1) is 25.2. The molecule has 2 atom stereocenters. The molecule has 1 saturated carbocycles. The van der Waals surface area contributed by atoms with Gasteiger partial charge in [-0.05, 0) is 68.4 Å². The number of amides is 3. The largest absolute Gasteiger partial charge is 0.352 e. The highest BCUT2D eigenvalue weighted by atomic mass is 19.1. The van der Waals surface area contributed by atoms with Crippen LogP contribution in [0.3, 0.4) is 0 Å². The van der Waals surface area contributed by atoms with Gasteiger partial charge in [-0.15, -0.1) is 0 Å². The van der Waals surface area contributed by atoms with Crippen LogP contribution in [-0.4, -0.2) is 60.0 Å². The van der Waals surface area contributed by atoms with Crippen LogP contribution in [-0.2, 0) is 11.2 Å². The Morgan fingerprint density at radius 3 is 2.29 bits per heavy atom. The van der Waals surface area contributed by atoms with Crippen molar-refractivity contribution in [2.75, 3.05) is 31.5 Å². The predicted octanol–water partition coefficient (Wildman–Crippen LogP) is 4.67. The van der Waals surface area contributed by atoms with Crippen molar-refractivity contribution in [3.63, 3.8) is 0 Å². The van der Waals surface area contributed by atoms with Gasteiger partial charge in [0.05, 0.1) is 6.04 Å². The Bertz CT molecular complexity index is 955. The molecule has 35 heavy (non-hydrogen) atoms. The van der Waals surface area contributed by atoms with Gasteiger partial charge in [0, 0.05) is 37.9 Å². The van der Waals surface area contributed by atoms with Crippen molar-refractivity contribution < 1.29 is 14.0 Å². The summed E-state index contributed by atoms with van der Waals surface area (Å²) < 4.78 is 13.1. The topological polar surface area (TPSA) is 64.7 Å². The van der Waals surface area contributed by atoms with Gasteiger partial charge in [-0.3, -0.25) is 9.69 Å². The van der Waals surface area contributed by atoms with Crippen LogP contribution >= 0.6 is 0 Å². The highest BCUT2D eigenvalue weighted by Gasteiger charge is 2.37. The van der Waals surface area contributed by atoms with Crippen molar-refractivity contribution in [1.82, 2.24) is 15.1 Å². The zero-order valence-electron chi connectivity index (χ0n) is 20.6. The number of urea groups is 1. The second-order valence-corrected chi connectivity index (χ2v) is 9.88. The summed E-state index contributed by atoms with van der Waals surface area (Å²) in [5, 5.41) is 6.13. The lowest BCUT2D eigenvalue weighted by atomic mass is 9.94. The molecule has 1 aliphatic carbocycles. The summed E-state index contributed by atoms with van der Waals surface area (Å²) in [6, 6.07) is 15.9. The average molecular weight is 481 g/mol. The van der Waals surface area contributed by atoms with Crippen molar-refractivity contribution >= 4 is 17.6 Å². The van der Waals surface area contributed by atoms with E-state index >= 15 is 0 Å². The summed E-state index contributed by atoms with van der Waals surface area (Å²) in [5.74, 6) is 0.166. The molecule has 2 fully saturated rings. The quantitative estimate of drug-likeness (QED) is 0.577. The Balaban J connectivity index is 1.31. The molecular weight excluding hydrogens is 443 g/mol. The number of rotatable bonds is 8. The van der Waals surface area contributed by atoms with E-state index in [0.717, 1.165) is 25.7 Å². The molecule has 1 aliphatic heterocycles. The Kier molecular flexibility index (Phi) is 8.74. The molecule has 2 aliphatic rings. The van der Waals surface area contributed by atoms with Gasteiger partial charge in [-0.1, -0.05) is 43.2 Å². The van der Waals surface area contributed by atoms with Gasteiger partial charge in [0.2, 0.25) is 5.91 Å². The normalized spacial score (nSPS) is 18.7. The number of hydrogen-bond donors (Lipinski definition) is 2. The van der Waals surface area contributed by atoms with Crippen LogP contribution in [0.5, 0.6) is 0 Å². The molecule has 0 aromatic heterocycles.